The second-order valence-corrected chi connectivity index (χ2v) is 10.6. The molecule has 0 bridgehead atoms. The Kier molecular flexibility index (Phi) is 18.1. The fourth-order valence-corrected chi connectivity index (χ4v) is 4.23. The van der Waals surface area contributed by atoms with E-state index in [0.29, 0.717) is 25.8 Å². The highest BCUT2D eigenvalue weighted by molar-refractivity contribution is 5.75. The van der Waals surface area contributed by atoms with Crippen molar-refractivity contribution in [2.75, 3.05) is 26.4 Å². The van der Waals surface area contributed by atoms with Gasteiger partial charge in [-0.2, -0.15) is 0 Å². The third-order valence-electron chi connectivity index (χ3n) is 6.97. The number of carboxylic acids is 2. The van der Waals surface area contributed by atoms with Crippen LogP contribution in [0.4, 0.5) is 0 Å². The average Bonchev–Trinajstić information content (AvgIpc) is 3.29. The topological polar surface area (TPSA) is 381 Å². The van der Waals surface area contributed by atoms with E-state index in [4.69, 9.17) is 57.6 Å². The van der Waals surface area contributed by atoms with Gasteiger partial charge in [0.15, 0.2) is 12.2 Å². The second kappa shape index (κ2) is 20.3. The highest BCUT2D eigenvalue weighted by atomic mass is 16.8. The number of aliphatic imine (C=N–C) groups is 1. The van der Waals surface area contributed by atoms with Crippen LogP contribution < -0.4 is 22.9 Å². The first kappa shape index (κ1) is 41.9. The number of hydrogen-bond acceptors (Lipinski definition) is 16. The summed E-state index contributed by atoms with van der Waals surface area (Å²) >= 11 is 0. The number of benzene rings is 1. The highest BCUT2D eigenvalue weighted by Gasteiger charge is 2.58. The van der Waals surface area contributed by atoms with Crippen LogP contribution in [0.3, 0.4) is 0 Å². The van der Waals surface area contributed by atoms with Gasteiger partial charge in [-0.05, 0) is 24.8 Å². The number of nitrogens with two attached hydrogens (primary N) is 4. The first-order valence-electron chi connectivity index (χ1n) is 14.3. The van der Waals surface area contributed by atoms with Crippen molar-refractivity contribution in [2.45, 2.75) is 86.2 Å². The number of ether oxygens (including phenoxy) is 3. The molecule has 20 nitrogen and oxygen atoms in total. The minimum Gasteiger partial charge on any atom is -0.480 e. The zero-order valence-corrected chi connectivity index (χ0v) is 25.4. The summed E-state index contributed by atoms with van der Waals surface area (Å²) in [6.45, 7) is -1.90. The zero-order chi connectivity index (χ0) is 35.9. The van der Waals surface area contributed by atoms with E-state index >= 15 is 0 Å². The molecule has 270 valence electrons. The Morgan fingerprint density at radius 2 is 1.43 bits per heavy atom. The largest absolute Gasteiger partial charge is 0.480 e. The molecule has 47 heavy (non-hydrogen) atoms. The number of rotatable bonds is 13. The van der Waals surface area contributed by atoms with Crippen molar-refractivity contribution >= 4 is 17.9 Å². The van der Waals surface area contributed by atoms with Gasteiger partial charge >= 0.3 is 11.9 Å². The molecule has 2 aliphatic heterocycles. The molecule has 2 aliphatic rings. The standard InChI is InChI=1S/C12H22O11.C9H11NO2.C6H14N4O2/c13-1-4-6(16)8(18)9(19)11(21-4)23-12(3-15)10(20)7(17)5(2-14)22-12;10-8(9(11)12)6-7-4-2-1-3-5-7;7-4(5(11)12)2-1-3-10-6(8)9/h4-11,13-20H,1-3H2;1-5,8H,6,10H2,(H,11,12);4H,1-3,7H2,(H,11,12)(H4,8,9,10)/t4-,5-,6-,7-,8+,9-,10+,11-,12+;8-;4-/m100/s1. The molecule has 0 aromatic heterocycles. The van der Waals surface area contributed by atoms with Crippen LogP contribution in [-0.4, -0.2) is 162 Å². The molecule has 0 amide bonds. The molecule has 0 unspecified atom stereocenters. The maximum atomic E-state index is 10.4. The summed E-state index contributed by atoms with van der Waals surface area (Å²) < 4.78 is 15.4. The average molecular weight is 682 g/mol. The minimum absolute atomic E-state index is 0.0129. The van der Waals surface area contributed by atoms with Crippen LogP contribution in [0.25, 0.3) is 0 Å². The lowest BCUT2D eigenvalue weighted by atomic mass is 9.99. The van der Waals surface area contributed by atoms with Gasteiger partial charge in [-0.15, -0.1) is 0 Å². The van der Waals surface area contributed by atoms with E-state index in [1.165, 1.54) is 0 Å². The van der Waals surface area contributed by atoms with Gasteiger partial charge in [0.05, 0.1) is 13.2 Å². The van der Waals surface area contributed by atoms with Gasteiger partial charge in [0, 0.05) is 6.54 Å². The van der Waals surface area contributed by atoms with E-state index in [2.05, 4.69) is 4.99 Å². The van der Waals surface area contributed by atoms with Crippen molar-refractivity contribution in [1.29, 1.82) is 0 Å². The number of carboxylic acid groups (broad SMARTS) is 2. The number of guanidine groups is 1. The van der Waals surface area contributed by atoms with Crippen LogP contribution >= 0.6 is 0 Å². The second-order valence-electron chi connectivity index (χ2n) is 10.6. The van der Waals surface area contributed by atoms with Crippen LogP contribution in [0.2, 0.25) is 0 Å². The van der Waals surface area contributed by atoms with Crippen molar-refractivity contribution in [1.82, 2.24) is 0 Å². The lowest BCUT2D eigenvalue weighted by molar-refractivity contribution is -0.383. The van der Waals surface area contributed by atoms with Gasteiger partial charge in [-0.25, -0.2) is 0 Å². The van der Waals surface area contributed by atoms with Gasteiger partial charge in [-0.3, -0.25) is 14.6 Å². The van der Waals surface area contributed by atoms with E-state index in [1.54, 1.807) is 0 Å². The summed E-state index contributed by atoms with van der Waals surface area (Å²) in [6.07, 6.45) is -11.3. The fraction of sp³-hybridized carbons (Fsp3) is 0.667. The molecule has 11 atom stereocenters. The van der Waals surface area contributed by atoms with Crippen LogP contribution in [0.1, 0.15) is 18.4 Å². The molecule has 2 fully saturated rings. The fourth-order valence-electron chi connectivity index (χ4n) is 4.23. The smallest absolute Gasteiger partial charge is 0.320 e. The van der Waals surface area contributed by atoms with Crippen molar-refractivity contribution < 1.29 is 74.9 Å². The third kappa shape index (κ3) is 12.8. The molecule has 2 saturated heterocycles. The molecule has 20 heteroatoms. The third-order valence-corrected chi connectivity index (χ3v) is 6.97. The predicted octanol–water partition coefficient (Wildman–Crippen LogP) is -6.30. The van der Waals surface area contributed by atoms with E-state index in [-0.39, 0.29) is 5.96 Å². The number of nitrogens with zero attached hydrogens (tertiary/aromatic N) is 1. The van der Waals surface area contributed by atoms with Crippen molar-refractivity contribution in [3.63, 3.8) is 0 Å². The first-order chi connectivity index (χ1) is 22.0. The van der Waals surface area contributed by atoms with Crippen molar-refractivity contribution in [3.8, 4) is 0 Å². The summed E-state index contributed by atoms with van der Waals surface area (Å²) in [5.41, 5.74) is 21.6. The number of aliphatic hydroxyl groups is 8. The SMILES string of the molecule is NC(N)=NCCC[C@H](N)C(=O)O.N[C@@H](Cc1ccccc1)C(=O)O.OC[C@H]1O[C@@](CO)(O[C@H]2O[C@H](CO)[C@@H](O)[C@H](O)[C@H]2O)[C@@H](O)[C@@H]1O. The molecule has 2 heterocycles. The molecule has 18 N–H and O–H groups in total. The van der Waals surface area contributed by atoms with Gasteiger partial charge in [0.25, 0.3) is 0 Å². The van der Waals surface area contributed by atoms with Gasteiger partial charge in [-0.1, -0.05) is 30.3 Å². The van der Waals surface area contributed by atoms with Gasteiger partial charge in [0.2, 0.25) is 5.79 Å². The Labute approximate surface area is 269 Å². The molecule has 0 spiro atoms. The zero-order valence-electron chi connectivity index (χ0n) is 25.4. The quantitative estimate of drug-likeness (QED) is 0.0523. The number of hydrogen-bond donors (Lipinski definition) is 14. The molecule has 1 aromatic rings. The van der Waals surface area contributed by atoms with E-state index in [9.17, 15) is 40.2 Å². The van der Waals surface area contributed by atoms with Gasteiger partial charge < -0.3 is 88.2 Å². The molecule has 3 rings (SSSR count). The Bertz CT molecular complexity index is 1100. The molecule has 1 aromatic carbocycles. The highest BCUT2D eigenvalue weighted by Crippen LogP contribution is 2.35. The molecule has 0 saturated carbocycles. The predicted molar refractivity (Wildman–Crippen MR) is 160 cm³/mol. The first-order valence-corrected chi connectivity index (χ1v) is 14.3. The molecule has 0 aliphatic carbocycles. The summed E-state index contributed by atoms with van der Waals surface area (Å²) in [7, 11) is 0. The Morgan fingerprint density at radius 1 is 0.851 bits per heavy atom. The minimum atomic E-state index is -2.22. The Balaban J connectivity index is 0.000000389. The number of aliphatic hydroxyl groups excluding tert-OH is 8. The lowest BCUT2D eigenvalue weighted by Crippen LogP contribution is -2.62. The summed E-state index contributed by atoms with van der Waals surface area (Å²) in [6, 6.07) is 7.72. The van der Waals surface area contributed by atoms with Crippen LogP contribution in [0.15, 0.2) is 35.3 Å². The lowest BCUT2D eigenvalue weighted by Gasteiger charge is -2.43. The normalized spacial score (nSPS) is 31.3. The van der Waals surface area contributed by atoms with Crippen LogP contribution in [0.5, 0.6) is 0 Å². The van der Waals surface area contributed by atoms with Crippen molar-refractivity contribution in [3.05, 3.63) is 35.9 Å². The molecular weight excluding hydrogens is 634 g/mol. The van der Waals surface area contributed by atoms with Crippen LogP contribution in [-0.2, 0) is 30.2 Å². The maximum Gasteiger partial charge on any atom is 0.320 e. The van der Waals surface area contributed by atoms with Gasteiger partial charge in [0.1, 0.15) is 61.4 Å². The van der Waals surface area contributed by atoms with E-state index in [1.807, 2.05) is 30.3 Å². The summed E-state index contributed by atoms with van der Waals surface area (Å²) in [5, 5.41) is 93.6. The van der Waals surface area contributed by atoms with E-state index < -0.39 is 98.6 Å². The molecular formula is C27H47N5O15. The van der Waals surface area contributed by atoms with Crippen molar-refractivity contribution in [2.24, 2.45) is 27.9 Å². The summed E-state index contributed by atoms with van der Waals surface area (Å²) in [5.74, 6) is -4.17. The number of aliphatic carboxylic acids is 2. The monoisotopic (exact) mass is 681 g/mol. The summed E-state index contributed by atoms with van der Waals surface area (Å²) in [4.78, 5) is 24.3. The maximum absolute atomic E-state index is 10.4. The molecule has 0 radical (unpaired) electrons. The van der Waals surface area contributed by atoms with E-state index in [0.717, 1.165) is 5.56 Å². The number of carbonyl (C=O) groups is 2. The Morgan fingerprint density at radius 3 is 1.89 bits per heavy atom. The van der Waals surface area contributed by atoms with Crippen LogP contribution in [0, 0.1) is 0 Å². The Hall–Kier alpha value is -3.09.